The molecule has 3 aromatic rings. The molecule has 0 spiro atoms. The monoisotopic (exact) mass is 561 g/mol. The Morgan fingerprint density at radius 1 is 0.900 bits per heavy atom. The van der Waals surface area contributed by atoms with E-state index in [1.165, 1.54) is 49.1 Å². The average Bonchev–Trinajstić information content (AvgIpc) is 2.94. The van der Waals surface area contributed by atoms with Gasteiger partial charge in [0.05, 0.1) is 5.41 Å². The van der Waals surface area contributed by atoms with Crippen LogP contribution < -0.4 is 14.2 Å². The maximum atomic E-state index is 12.4. The van der Waals surface area contributed by atoms with Crippen molar-refractivity contribution in [2.45, 2.75) is 46.5 Å². The van der Waals surface area contributed by atoms with Gasteiger partial charge >= 0.3 is 5.97 Å². The summed E-state index contributed by atoms with van der Waals surface area (Å²) in [5, 5.41) is 0. The van der Waals surface area contributed by atoms with Gasteiger partial charge < -0.3 is 14.2 Å². The van der Waals surface area contributed by atoms with Gasteiger partial charge in [0.25, 0.3) is 0 Å². The summed E-state index contributed by atoms with van der Waals surface area (Å²) in [5.74, 6) is 1.88. The molecule has 2 aliphatic heterocycles. The van der Waals surface area contributed by atoms with Gasteiger partial charge in [-0.2, -0.15) is 0 Å². The molecule has 40 heavy (non-hydrogen) atoms. The summed E-state index contributed by atoms with van der Waals surface area (Å²) in [6.07, 6.45) is 4.71. The molecule has 1 fully saturated rings. The van der Waals surface area contributed by atoms with Crippen molar-refractivity contribution >= 4 is 29.5 Å². The fraction of sp³-hybridized carbons (Fsp3) is 0.382. The second-order valence-electron chi connectivity index (χ2n) is 11.5. The highest BCUT2D eigenvalue weighted by Crippen LogP contribution is 2.41. The van der Waals surface area contributed by atoms with Crippen molar-refractivity contribution in [1.82, 2.24) is 4.90 Å². The fourth-order valence-corrected chi connectivity index (χ4v) is 5.08. The van der Waals surface area contributed by atoms with Crippen LogP contribution in [-0.2, 0) is 11.2 Å². The van der Waals surface area contributed by atoms with E-state index < -0.39 is 5.41 Å². The number of benzene rings is 3. The van der Waals surface area contributed by atoms with E-state index >= 15 is 0 Å². The molecule has 1 saturated heterocycles. The maximum absolute atomic E-state index is 12.4. The lowest BCUT2D eigenvalue weighted by Crippen LogP contribution is -2.33. The number of esters is 1. The molecule has 0 N–H and O–H groups in total. The second kappa shape index (κ2) is 13.4. The van der Waals surface area contributed by atoms with Gasteiger partial charge in [-0.05, 0) is 94.1 Å². The number of allylic oxidation sites excluding steroid dienone is 1. The van der Waals surface area contributed by atoms with Gasteiger partial charge in [0.2, 0.25) is 0 Å². The van der Waals surface area contributed by atoms with Crippen LogP contribution in [0.1, 0.15) is 56.7 Å². The van der Waals surface area contributed by atoms with Crippen LogP contribution in [0.5, 0.6) is 17.2 Å². The van der Waals surface area contributed by atoms with E-state index in [9.17, 15) is 4.79 Å². The first-order chi connectivity index (χ1) is 18.9. The number of hydrogen-bond donors (Lipinski definition) is 0. The summed E-state index contributed by atoms with van der Waals surface area (Å²) < 4.78 is 17.9. The zero-order valence-electron chi connectivity index (χ0n) is 23.8. The highest BCUT2D eigenvalue weighted by molar-refractivity contribution is 5.95. The molecule has 6 heteroatoms. The number of hydrogen-bond acceptors (Lipinski definition) is 5. The van der Waals surface area contributed by atoms with Gasteiger partial charge in [0, 0.05) is 23.7 Å². The third-order valence-electron chi connectivity index (χ3n) is 7.39. The summed E-state index contributed by atoms with van der Waals surface area (Å²) in [7, 11) is 0. The summed E-state index contributed by atoms with van der Waals surface area (Å²) in [5.41, 5.74) is 5.19. The molecule has 212 valence electrons. The molecule has 0 atom stereocenters. The number of carbonyl (C=O) groups excluding carboxylic acids is 1. The van der Waals surface area contributed by atoms with Gasteiger partial charge in [0.15, 0.2) is 0 Å². The van der Waals surface area contributed by atoms with E-state index in [1.807, 2.05) is 45.0 Å². The van der Waals surface area contributed by atoms with Gasteiger partial charge in [0.1, 0.15) is 30.5 Å². The summed E-state index contributed by atoms with van der Waals surface area (Å²) in [4.78, 5) is 14.9. The standard InChI is InChI=1S/C34H39NO4.ClH/c1-34(2,3)33(36)39-28-16-17-29-30(31(24-38-32(29)23-28)26-10-6-4-7-11-26)22-25-12-14-27(15-13-25)37-21-20-35-18-8-5-9-19-35;/h4,6-7,10-17,23H,5,8-9,18-22,24H2,1-3H3;1H. The number of likely N-dealkylation sites (tertiary alicyclic amines) is 1. The van der Waals surface area contributed by atoms with E-state index in [0.717, 1.165) is 42.2 Å². The number of carbonyl (C=O) groups is 1. The fourth-order valence-electron chi connectivity index (χ4n) is 5.08. The van der Waals surface area contributed by atoms with Gasteiger partial charge in [-0.3, -0.25) is 9.69 Å². The zero-order valence-corrected chi connectivity index (χ0v) is 24.6. The highest BCUT2D eigenvalue weighted by atomic mass is 35.5. The van der Waals surface area contributed by atoms with Crippen LogP contribution in [-0.4, -0.2) is 43.7 Å². The largest absolute Gasteiger partial charge is 0.492 e. The van der Waals surface area contributed by atoms with E-state index in [4.69, 9.17) is 14.2 Å². The lowest BCUT2D eigenvalue weighted by atomic mass is 9.88. The topological polar surface area (TPSA) is 48.0 Å². The van der Waals surface area contributed by atoms with Crippen molar-refractivity contribution in [3.8, 4) is 17.2 Å². The predicted octanol–water partition coefficient (Wildman–Crippen LogP) is 7.47. The molecule has 0 aliphatic carbocycles. The molecule has 3 aromatic carbocycles. The zero-order chi connectivity index (χ0) is 27.2. The summed E-state index contributed by atoms with van der Waals surface area (Å²) in [6, 6.07) is 24.6. The molecule has 5 rings (SSSR count). The Kier molecular flexibility index (Phi) is 9.94. The van der Waals surface area contributed by atoms with Crippen LogP contribution in [0.15, 0.2) is 72.8 Å². The number of halogens is 1. The number of ether oxygens (including phenoxy) is 3. The third-order valence-corrected chi connectivity index (χ3v) is 7.39. The van der Waals surface area contributed by atoms with Crippen molar-refractivity contribution in [2.24, 2.45) is 5.41 Å². The van der Waals surface area contributed by atoms with Crippen LogP contribution >= 0.6 is 12.4 Å². The van der Waals surface area contributed by atoms with Crippen molar-refractivity contribution in [3.05, 3.63) is 89.5 Å². The minimum atomic E-state index is -0.578. The third kappa shape index (κ3) is 7.47. The van der Waals surface area contributed by atoms with Crippen LogP contribution in [0, 0.1) is 5.41 Å². The van der Waals surface area contributed by atoms with Crippen LogP contribution in [0.3, 0.4) is 0 Å². The van der Waals surface area contributed by atoms with Gasteiger partial charge in [-0.1, -0.05) is 48.9 Å². The molecular weight excluding hydrogens is 522 g/mol. The number of fused-ring (bicyclic) bond motifs is 1. The Morgan fingerprint density at radius 2 is 1.60 bits per heavy atom. The average molecular weight is 562 g/mol. The molecule has 0 aromatic heterocycles. The molecule has 0 radical (unpaired) electrons. The van der Waals surface area contributed by atoms with Crippen molar-refractivity contribution < 1.29 is 19.0 Å². The Labute approximate surface area is 244 Å². The molecule has 2 aliphatic rings. The molecular formula is C34H40ClNO4. The predicted molar refractivity (Wildman–Crippen MR) is 163 cm³/mol. The Morgan fingerprint density at radius 3 is 2.30 bits per heavy atom. The number of rotatable bonds is 8. The number of nitrogens with zero attached hydrogens (tertiary/aromatic N) is 1. The van der Waals surface area contributed by atoms with Crippen molar-refractivity contribution in [1.29, 1.82) is 0 Å². The van der Waals surface area contributed by atoms with Gasteiger partial charge in [-0.25, -0.2) is 0 Å². The van der Waals surface area contributed by atoms with Crippen LogP contribution in [0.2, 0.25) is 0 Å². The Bertz CT molecular complexity index is 1310. The smallest absolute Gasteiger partial charge is 0.316 e. The molecule has 2 heterocycles. The summed E-state index contributed by atoms with van der Waals surface area (Å²) in [6.45, 7) is 10.1. The molecule has 0 bridgehead atoms. The SMILES string of the molecule is CC(C)(C)C(=O)Oc1ccc2c(c1)OCC(c1ccccc1)=C2Cc1ccc(OCCN2CCCCC2)cc1.Cl. The quantitative estimate of drug-likeness (QED) is 0.211. The normalized spacial score (nSPS) is 15.5. The highest BCUT2D eigenvalue weighted by Gasteiger charge is 2.26. The van der Waals surface area contributed by atoms with E-state index in [1.54, 1.807) is 0 Å². The first kappa shape index (κ1) is 29.7. The van der Waals surface area contributed by atoms with Crippen LogP contribution in [0.25, 0.3) is 11.1 Å². The Balaban J connectivity index is 0.00000370. The molecule has 0 amide bonds. The van der Waals surface area contributed by atoms with Crippen molar-refractivity contribution in [3.63, 3.8) is 0 Å². The minimum absolute atomic E-state index is 0. The van der Waals surface area contributed by atoms with Crippen LogP contribution in [0.4, 0.5) is 0 Å². The second-order valence-corrected chi connectivity index (χ2v) is 11.5. The molecule has 0 unspecified atom stereocenters. The maximum Gasteiger partial charge on any atom is 0.316 e. The first-order valence-corrected chi connectivity index (χ1v) is 14.1. The van der Waals surface area contributed by atoms with E-state index in [0.29, 0.717) is 12.4 Å². The molecule has 5 nitrogen and oxygen atoms in total. The van der Waals surface area contributed by atoms with E-state index in [-0.39, 0.29) is 18.4 Å². The lowest BCUT2D eigenvalue weighted by Gasteiger charge is -2.26. The van der Waals surface area contributed by atoms with E-state index in [2.05, 4.69) is 53.4 Å². The van der Waals surface area contributed by atoms with Gasteiger partial charge in [-0.15, -0.1) is 12.4 Å². The molecule has 0 saturated carbocycles. The first-order valence-electron chi connectivity index (χ1n) is 14.1. The minimum Gasteiger partial charge on any atom is -0.492 e. The van der Waals surface area contributed by atoms with Crippen molar-refractivity contribution in [2.75, 3.05) is 32.8 Å². The lowest BCUT2D eigenvalue weighted by molar-refractivity contribution is -0.143. The summed E-state index contributed by atoms with van der Waals surface area (Å²) >= 11 is 0. The Hall–Kier alpha value is -3.28. The number of piperidine rings is 1.